The van der Waals surface area contributed by atoms with Gasteiger partial charge in [-0.2, -0.15) is 5.26 Å². The molecule has 1 aromatic carbocycles. The Balaban J connectivity index is 2.49. The first-order valence-electron chi connectivity index (χ1n) is 4.87. The molecule has 0 radical (unpaired) electrons. The summed E-state index contributed by atoms with van der Waals surface area (Å²) < 4.78 is 10.8. The fourth-order valence-corrected chi connectivity index (χ4v) is 2.02. The van der Waals surface area contributed by atoms with Gasteiger partial charge in [-0.05, 0) is 24.6 Å². The summed E-state index contributed by atoms with van der Waals surface area (Å²) in [5.74, 6) is 0.681. The molecule has 0 aromatic heterocycles. The van der Waals surface area contributed by atoms with Crippen LogP contribution in [0, 0.1) is 11.3 Å². The average Bonchev–Trinajstić information content (AvgIpc) is 2.25. The monoisotopic (exact) mass is 256 g/mol. The summed E-state index contributed by atoms with van der Waals surface area (Å²) in [6, 6.07) is 7.15. The van der Waals surface area contributed by atoms with Crippen LogP contribution in [0.15, 0.2) is 18.2 Å². The Bertz CT molecular complexity index is 428. The number of nitrogens with zero attached hydrogens (tertiary/aromatic N) is 1. The first-order valence-corrected chi connectivity index (χ1v) is 6.97. The van der Waals surface area contributed by atoms with Crippen molar-refractivity contribution in [1.29, 1.82) is 5.26 Å². The minimum Gasteiger partial charge on any atom is -0.384 e. The van der Waals surface area contributed by atoms with Crippen molar-refractivity contribution in [3.05, 3.63) is 28.8 Å². The molecule has 0 spiro atoms. The molecule has 5 heteroatoms. The molecule has 16 heavy (non-hydrogen) atoms. The van der Waals surface area contributed by atoms with Gasteiger partial charge in [-0.15, -0.1) is 0 Å². The lowest BCUT2D eigenvalue weighted by atomic mass is 10.2. The van der Waals surface area contributed by atoms with E-state index in [1.54, 1.807) is 24.5 Å². The fourth-order valence-electron chi connectivity index (χ4n) is 1.23. The van der Waals surface area contributed by atoms with Gasteiger partial charge in [0.05, 0.1) is 22.3 Å². The Morgan fingerprint density at radius 1 is 1.56 bits per heavy atom. The lowest BCUT2D eigenvalue weighted by Gasteiger charge is -2.07. The predicted molar refractivity (Wildman–Crippen MR) is 68.2 cm³/mol. The predicted octanol–water partition coefficient (Wildman–Crippen LogP) is 2.39. The number of halogens is 1. The number of benzene rings is 1. The van der Waals surface area contributed by atoms with E-state index in [-0.39, 0.29) is 0 Å². The van der Waals surface area contributed by atoms with Crippen LogP contribution in [0.4, 0.5) is 5.69 Å². The highest BCUT2D eigenvalue weighted by Crippen LogP contribution is 2.22. The van der Waals surface area contributed by atoms with Crippen molar-refractivity contribution in [3.8, 4) is 6.07 Å². The summed E-state index contributed by atoms with van der Waals surface area (Å²) in [7, 11) is -0.750. The molecule has 1 unspecified atom stereocenters. The van der Waals surface area contributed by atoms with Crippen LogP contribution >= 0.6 is 11.6 Å². The molecule has 1 N–H and O–H groups in total. The quantitative estimate of drug-likeness (QED) is 0.823. The Hall–Kier alpha value is -1.05. The highest BCUT2D eigenvalue weighted by Gasteiger charge is 2.01. The molecular weight excluding hydrogens is 244 g/mol. The van der Waals surface area contributed by atoms with E-state index in [2.05, 4.69) is 5.32 Å². The molecule has 86 valence electrons. The van der Waals surface area contributed by atoms with Crippen molar-refractivity contribution >= 4 is 28.1 Å². The third-order valence-corrected chi connectivity index (χ3v) is 3.20. The number of nitrogens with one attached hydrogen (secondary N) is 1. The van der Waals surface area contributed by atoms with E-state index < -0.39 is 10.8 Å². The second-order valence-electron chi connectivity index (χ2n) is 3.36. The molecule has 1 aromatic rings. The highest BCUT2D eigenvalue weighted by molar-refractivity contribution is 7.84. The molecule has 0 aliphatic heterocycles. The molecule has 0 bridgehead atoms. The zero-order valence-electron chi connectivity index (χ0n) is 9.00. The molecule has 1 rings (SSSR count). The molecular formula is C11H13ClN2OS. The molecule has 0 saturated carbocycles. The second kappa shape index (κ2) is 6.51. The first-order chi connectivity index (χ1) is 7.63. The van der Waals surface area contributed by atoms with Crippen molar-refractivity contribution in [1.82, 2.24) is 0 Å². The first kappa shape index (κ1) is 13.0. The summed E-state index contributed by atoms with van der Waals surface area (Å²) in [6.07, 6.45) is 2.52. The van der Waals surface area contributed by atoms with Gasteiger partial charge in [0.2, 0.25) is 0 Å². The van der Waals surface area contributed by atoms with Gasteiger partial charge >= 0.3 is 0 Å². The van der Waals surface area contributed by atoms with Crippen molar-refractivity contribution in [3.63, 3.8) is 0 Å². The van der Waals surface area contributed by atoms with Gasteiger partial charge in [0.1, 0.15) is 0 Å². The van der Waals surface area contributed by atoms with Gasteiger partial charge in [-0.1, -0.05) is 11.6 Å². The lowest BCUT2D eigenvalue weighted by molar-refractivity contribution is 0.685. The molecule has 3 nitrogen and oxygen atoms in total. The van der Waals surface area contributed by atoms with Crippen LogP contribution in [0.1, 0.15) is 12.0 Å². The van der Waals surface area contributed by atoms with E-state index in [1.807, 2.05) is 6.07 Å². The van der Waals surface area contributed by atoms with E-state index >= 15 is 0 Å². The fraction of sp³-hybridized carbons (Fsp3) is 0.364. The molecule has 0 amide bonds. The molecule has 0 heterocycles. The maximum absolute atomic E-state index is 10.8. The summed E-state index contributed by atoms with van der Waals surface area (Å²) in [4.78, 5) is 0. The van der Waals surface area contributed by atoms with E-state index in [0.29, 0.717) is 16.3 Å². The largest absolute Gasteiger partial charge is 0.384 e. The van der Waals surface area contributed by atoms with Gasteiger partial charge in [-0.3, -0.25) is 4.21 Å². The number of nitriles is 1. The number of hydrogen-bond acceptors (Lipinski definition) is 3. The van der Waals surface area contributed by atoms with E-state index in [9.17, 15) is 4.21 Å². The third kappa shape index (κ3) is 4.21. The summed E-state index contributed by atoms with van der Waals surface area (Å²) in [5, 5.41) is 12.3. The Labute approximate surface area is 103 Å². The van der Waals surface area contributed by atoms with E-state index in [4.69, 9.17) is 16.9 Å². The van der Waals surface area contributed by atoms with Gasteiger partial charge in [0.15, 0.2) is 0 Å². The summed E-state index contributed by atoms with van der Waals surface area (Å²) in [5.41, 5.74) is 1.35. The summed E-state index contributed by atoms with van der Waals surface area (Å²) in [6.45, 7) is 0.727. The Kier molecular flexibility index (Phi) is 5.30. The number of rotatable bonds is 5. The normalized spacial score (nSPS) is 11.8. The molecule has 1 atom stereocenters. The zero-order valence-corrected chi connectivity index (χ0v) is 10.6. The molecule has 0 aliphatic rings. The smallest absolute Gasteiger partial charge is 0.0992 e. The Morgan fingerprint density at radius 3 is 2.88 bits per heavy atom. The molecule has 0 aliphatic carbocycles. The van der Waals surface area contributed by atoms with Gasteiger partial charge < -0.3 is 5.32 Å². The molecule has 0 saturated heterocycles. The number of hydrogen-bond donors (Lipinski definition) is 1. The summed E-state index contributed by atoms with van der Waals surface area (Å²) >= 11 is 5.98. The SMILES string of the molecule is CS(=O)CCCNc1ccc(C#N)cc1Cl. The van der Waals surface area contributed by atoms with Gasteiger partial charge in [-0.25, -0.2) is 0 Å². The maximum atomic E-state index is 10.8. The third-order valence-electron chi connectivity index (χ3n) is 2.02. The van der Waals surface area contributed by atoms with Crippen molar-refractivity contribution < 1.29 is 4.21 Å². The average molecular weight is 257 g/mol. The van der Waals surface area contributed by atoms with Crippen LogP contribution < -0.4 is 5.32 Å². The van der Waals surface area contributed by atoms with Crippen LogP contribution in [-0.2, 0) is 10.8 Å². The minimum absolute atomic E-state index is 0.539. The van der Waals surface area contributed by atoms with Crippen LogP contribution in [0.5, 0.6) is 0 Å². The van der Waals surface area contributed by atoms with Crippen molar-refractivity contribution in [2.75, 3.05) is 23.9 Å². The highest BCUT2D eigenvalue weighted by atomic mass is 35.5. The van der Waals surface area contributed by atoms with Gasteiger partial charge in [0.25, 0.3) is 0 Å². The molecule has 0 fully saturated rings. The van der Waals surface area contributed by atoms with Crippen LogP contribution in [0.2, 0.25) is 5.02 Å². The van der Waals surface area contributed by atoms with Crippen LogP contribution in [0.25, 0.3) is 0 Å². The van der Waals surface area contributed by atoms with E-state index in [1.165, 1.54) is 0 Å². The van der Waals surface area contributed by atoms with Crippen molar-refractivity contribution in [2.24, 2.45) is 0 Å². The standard InChI is InChI=1S/C11H13ClN2OS/c1-16(15)6-2-5-14-11-4-3-9(8-13)7-10(11)12/h3-4,7,14H,2,5-6H2,1H3. The minimum atomic E-state index is -0.750. The zero-order chi connectivity index (χ0) is 12.0. The van der Waals surface area contributed by atoms with Crippen molar-refractivity contribution in [2.45, 2.75) is 6.42 Å². The second-order valence-corrected chi connectivity index (χ2v) is 5.33. The van der Waals surface area contributed by atoms with E-state index in [0.717, 1.165) is 18.7 Å². The Morgan fingerprint density at radius 2 is 2.31 bits per heavy atom. The van der Waals surface area contributed by atoms with Gasteiger partial charge in [0, 0.05) is 29.4 Å². The lowest BCUT2D eigenvalue weighted by Crippen LogP contribution is -2.06. The van der Waals surface area contributed by atoms with Crippen LogP contribution in [-0.4, -0.2) is 22.8 Å². The maximum Gasteiger partial charge on any atom is 0.0992 e. The number of anilines is 1. The topological polar surface area (TPSA) is 52.9 Å². The van der Waals surface area contributed by atoms with Crippen LogP contribution in [0.3, 0.4) is 0 Å².